The number of aromatic amines is 1. The third-order valence-electron chi connectivity index (χ3n) is 5.99. The topological polar surface area (TPSA) is 126 Å². The van der Waals surface area contributed by atoms with E-state index in [1.54, 1.807) is 12.3 Å². The van der Waals surface area contributed by atoms with Gasteiger partial charge in [-0.1, -0.05) is 6.07 Å². The molecule has 11 heteroatoms. The number of ether oxygens (including phenoxy) is 2. The van der Waals surface area contributed by atoms with E-state index >= 15 is 0 Å². The van der Waals surface area contributed by atoms with Crippen LogP contribution in [0.2, 0.25) is 0 Å². The highest BCUT2D eigenvalue weighted by molar-refractivity contribution is 6.06. The maximum absolute atomic E-state index is 14.2. The first-order valence-corrected chi connectivity index (χ1v) is 11.8. The van der Waals surface area contributed by atoms with Crippen LogP contribution in [-0.4, -0.2) is 59.0 Å². The van der Waals surface area contributed by atoms with Gasteiger partial charge < -0.3 is 19.9 Å². The lowest BCUT2D eigenvalue weighted by Gasteiger charge is -2.25. The van der Waals surface area contributed by atoms with Gasteiger partial charge in [-0.2, -0.15) is 5.10 Å². The smallest absolute Gasteiger partial charge is 0.322 e. The summed E-state index contributed by atoms with van der Waals surface area (Å²) in [6.45, 7) is 3.38. The number of fused-ring (bicyclic) bond motifs is 2. The lowest BCUT2D eigenvalue weighted by atomic mass is 9.87. The number of hydrogen-bond donors (Lipinski definition) is 3. The Bertz CT molecular complexity index is 1420. The van der Waals surface area contributed by atoms with Crippen LogP contribution in [0.4, 0.5) is 8.78 Å². The number of pyridine rings is 1. The minimum Gasteiger partial charge on any atom is -0.480 e. The highest BCUT2D eigenvalue weighted by Crippen LogP contribution is 2.42. The van der Waals surface area contributed by atoms with Gasteiger partial charge in [0.2, 0.25) is 12.3 Å². The summed E-state index contributed by atoms with van der Waals surface area (Å²) < 4.78 is 39.3. The molecule has 4 aromatic rings. The maximum atomic E-state index is 14.2. The standard InChI is InChI=1S/C23H21F2N3O2.C3H5NO3/c1-2-30-23-17-11-20-15(12-26-28-20)9-16(17)21(14-3-4-18(24)19(25)10-14)22(27-23)13-5-7-29-8-6-13;5-2-4-1-3(6)7/h3-4,9-13H,2,5-8H2,1H3,(H,26,28);2H,1H2,(H,4,5)(H,6,7). The molecule has 5 rings (SSSR count). The van der Waals surface area contributed by atoms with Crippen LogP contribution >= 0.6 is 0 Å². The van der Waals surface area contributed by atoms with E-state index in [4.69, 9.17) is 19.6 Å². The average molecular weight is 513 g/mol. The third-order valence-corrected chi connectivity index (χ3v) is 5.99. The second-order valence-electron chi connectivity index (χ2n) is 8.37. The second-order valence-corrected chi connectivity index (χ2v) is 8.37. The van der Waals surface area contributed by atoms with Gasteiger partial charge in [0.1, 0.15) is 6.54 Å². The van der Waals surface area contributed by atoms with E-state index in [9.17, 15) is 18.4 Å². The van der Waals surface area contributed by atoms with E-state index in [1.165, 1.54) is 6.07 Å². The van der Waals surface area contributed by atoms with Gasteiger partial charge in [-0.3, -0.25) is 14.7 Å². The normalized spacial score (nSPS) is 13.7. The quantitative estimate of drug-likeness (QED) is 0.317. The van der Waals surface area contributed by atoms with E-state index in [1.807, 2.05) is 24.4 Å². The van der Waals surface area contributed by atoms with Crippen molar-refractivity contribution in [1.82, 2.24) is 20.5 Å². The molecule has 0 unspecified atom stereocenters. The molecule has 0 radical (unpaired) electrons. The number of aliphatic carboxylic acids is 1. The molecule has 0 bridgehead atoms. The van der Waals surface area contributed by atoms with Crippen LogP contribution in [0.5, 0.6) is 5.88 Å². The van der Waals surface area contributed by atoms with Crippen LogP contribution in [0.25, 0.3) is 32.8 Å². The highest BCUT2D eigenvalue weighted by Gasteiger charge is 2.26. The Morgan fingerprint density at radius 1 is 1.22 bits per heavy atom. The number of carboxylic acids is 1. The number of carbonyl (C=O) groups excluding carboxylic acids is 1. The number of rotatable bonds is 7. The fourth-order valence-corrected chi connectivity index (χ4v) is 4.34. The molecule has 3 N–H and O–H groups in total. The van der Waals surface area contributed by atoms with E-state index in [2.05, 4.69) is 10.2 Å². The van der Waals surface area contributed by atoms with Crippen LogP contribution in [-0.2, 0) is 14.3 Å². The van der Waals surface area contributed by atoms with Gasteiger partial charge in [0.15, 0.2) is 11.6 Å². The van der Waals surface area contributed by atoms with Crippen molar-refractivity contribution in [3.05, 3.63) is 53.9 Å². The zero-order chi connectivity index (χ0) is 26.4. The van der Waals surface area contributed by atoms with Crippen molar-refractivity contribution in [1.29, 1.82) is 0 Å². The lowest BCUT2D eigenvalue weighted by molar-refractivity contribution is -0.136. The number of hydrogen-bond acceptors (Lipinski definition) is 6. The fourth-order valence-electron chi connectivity index (χ4n) is 4.34. The van der Waals surface area contributed by atoms with Crippen LogP contribution in [0.1, 0.15) is 31.4 Å². The number of benzene rings is 2. The van der Waals surface area contributed by atoms with Gasteiger partial charge in [0.25, 0.3) is 0 Å². The Morgan fingerprint density at radius 3 is 2.65 bits per heavy atom. The molecule has 0 spiro atoms. The molecule has 194 valence electrons. The molecular weight excluding hydrogens is 486 g/mol. The van der Waals surface area contributed by atoms with Crippen molar-refractivity contribution in [2.75, 3.05) is 26.4 Å². The first-order valence-electron chi connectivity index (χ1n) is 11.8. The summed E-state index contributed by atoms with van der Waals surface area (Å²) in [5.74, 6) is -2.10. The minimum absolute atomic E-state index is 0.144. The molecule has 1 aliphatic heterocycles. The van der Waals surface area contributed by atoms with Crippen molar-refractivity contribution < 1.29 is 33.0 Å². The van der Waals surface area contributed by atoms with Crippen molar-refractivity contribution in [2.45, 2.75) is 25.7 Å². The molecule has 1 saturated heterocycles. The third kappa shape index (κ3) is 5.83. The van der Waals surface area contributed by atoms with Gasteiger partial charge in [0, 0.05) is 35.5 Å². The van der Waals surface area contributed by atoms with Gasteiger partial charge >= 0.3 is 5.97 Å². The number of nitrogens with one attached hydrogen (secondary N) is 2. The molecule has 0 aliphatic carbocycles. The molecule has 0 atom stereocenters. The summed E-state index contributed by atoms with van der Waals surface area (Å²) in [4.78, 5) is 23.8. The molecule has 3 heterocycles. The Hall–Kier alpha value is -4.12. The van der Waals surface area contributed by atoms with Crippen LogP contribution in [0.15, 0.2) is 36.5 Å². The summed E-state index contributed by atoms with van der Waals surface area (Å²) in [5.41, 5.74) is 3.10. The maximum Gasteiger partial charge on any atom is 0.322 e. The Kier molecular flexibility index (Phi) is 8.24. The SMILES string of the molecule is CCOc1nc(C2CCOCC2)c(-c2ccc(F)c(F)c2)c2cc3cn[nH]c3cc12.O=CNCC(=O)O. The number of carboxylic acid groups (broad SMARTS) is 1. The van der Waals surface area contributed by atoms with E-state index in [0.717, 1.165) is 51.8 Å². The first kappa shape index (κ1) is 26.0. The zero-order valence-corrected chi connectivity index (χ0v) is 20.1. The molecular formula is C26H26F2N4O5. The van der Waals surface area contributed by atoms with Crippen molar-refractivity contribution in [3.8, 4) is 17.0 Å². The molecule has 2 aromatic heterocycles. The number of H-pyrrole nitrogens is 1. The van der Waals surface area contributed by atoms with Gasteiger partial charge in [-0.15, -0.1) is 0 Å². The Balaban J connectivity index is 0.000000405. The lowest BCUT2D eigenvalue weighted by Crippen LogP contribution is -2.20. The molecule has 1 amide bonds. The van der Waals surface area contributed by atoms with E-state index < -0.39 is 17.6 Å². The largest absolute Gasteiger partial charge is 0.480 e. The Labute approximate surface area is 210 Å². The average Bonchev–Trinajstić information content (AvgIpc) is 3.36. The summed E-state index contributed by atoms with van der Waals surface area (Å²) in [5, 5.41) is 19.5. The molecule has 1 aliphatic rings. The van der Waals surface area contributed by atoms with Crippen molar-refractivity contribution in [3.63, 3.8) is 0 Å². The number of halogens is 2. The summed E-state index contributed by atoms with van der Waals surface area (Å²) in [7, 11) is 0. The fraction of sp³-hybridized carbons (Fsp3) is 0.308. The summed E-state index contributed by atoms with van der Waals surface area (Å²) in [6.07, 6.45) is 3.72. The molecule has 9 nitrogen and oxygen atoms in total. The van der Waals surface area contributed by atoms with Crippen LogP contribution < -0.4 is 10.1 Å². The minimum atomic E-state index is -1.04. The summed E-state index contributed by atoms with van der Waals surface area (Å²) >= 11 is 0. The van der Waals surface area contributed by atoms with Crippen LogP contribution in [0, 0.1) is 11.6 Å². The number of aromatic nitrogens is 3. The van der Waals surface area contributed by atoms with Crippen molar-refractivity contribution >= 4 is 34.1 Å². The highest BCUT2D eigenvalue weighted by atomic mass is 19.2. The number of nitrogens with zero attached hydrogens (tertiary/aromatic N) is 2. The second kappa shape index (κ2) is 11.7. The number of amides is 1. The van der Waals surface area contributed by atoms with Gasteiger partial charge in [-0.05, 0) is 55.0 Å². The van der Waals surface area contributed by atoms with Crippen LogP contribution in [0.3, 0.4) is 0 Å². The number of carbonyl (C=O) groups is 2. The van der Waals surface area contributed by atoms with Crippen molar-refractivity contribution in [2.24, 2.45) is 0 Å². The van der Waals surface area contributed by atoms with Gasteiger partial charge in [0.05, 0.1) is 24.0 Å². The Morgan fingerprint density at radius 2 is 2.00 bits per heavy atom. The molecule has 1 fully saturated rings. The van der Waals surface area contributed by atoms with E-state index in [-0.39, 0.29) is 12.5 Å². The monoisotopic (exact) mass is 512 g/mol. The molecule has 0 saturated carbocycles. The predicted octanol–water partition coefficient (Wildman–Crippen LogP) is 4.17. The van der Waals surface area contributed by atoms with E-state index in [0.29, 0.717) is 37.7 Å². The molecule has 37 heavy (non-hydrogen) atoms. The van der Waals surface area contributed by atoms with Gasteiger partial charge in [-0.25, -0.2) is 13.8 Å². The summed E-state index contributed by atoms with van der Waals surface area (Å²) in [6, 6.07) is 7.98. The first-order chi connectivity index (χ1) is 17.9. The molecule has 2 aromatic carbocycles. The zero-order valence-electron chi connectivity index (χ0n) is 20.1. The predicted molar refractivity (Wildman–Crippen MR) is 132 cm³/mol.